The van der Waals surface area contributed by atoms with Crippen molar-refractivity contribution in [2.24, 2.45) is 5.92 Å². The van der Waals surface area contributed by atoms with E-state index in [4.69, 9.17) is 5.11 Å². The summed E-state index contributed by atoms with van der Waals surface area (Å²) in [4.78, 5) is 20.7. The van der Waals surface area contributed by atoms with Crippen LogP contribution < -0.4 is 4.72 Å². The summed E-state index contributed by atoms with van der Waals surface area (Å²) in [6.45, 7) is 0. The molecular weight excluding hydrogens is 300 g/mol. The number of nitrogens with one attached hydrogen (secondary N) is 1. The van der Waals surface area contributed by atoms with Gasteiger partial charge in [0.05, 0.1) is 15.7 Å². The summed E-state index contributed by atoms with van der Waals surface area (Å²) in [5.74, 6) is -1.46. The maximum atomic E-state index is 12.1. The Balaban J connectivity index is 2.08. The van der Waals surface area contributed by atoms with Gasteiger partial charge >= 0.3 is 5.97 Å². The molecule has 2 atom stereocenters. The Morgan fingerprint density at radius 2 is 1.90 bits per heavy atom. The van der Waals surface area contributed by atoms with Crippen LogP contribution >= 0.6 is 0 Å². The minimum atomic E-state index is -3.80. The van der Waals surface area contributed by atoms with Gasteiger partial charge in [0.2, 0.25) is 10.0 Å². The van der Waals surface area contributed by atoms with Gasteiger partial charge in [0, 0.05) is 18.2 Å². The third kappa shape index (κ3) is 3.56. The highest BCUT2D eigenvalue weighted by atomic mass is 32.2. The number of hydrogen-bond acceptors (Lipinski definition) is 5. The molecule has 0 aromatic heterocycles. The fourth-order valence-corrected chi connectivity index (χ4v) is 3.63. The van der Waals surface area contributed by atoms with Gasteiger partial charge in [-0.25, -0.2) is 13.1 Å². The summed E-state index contributed by atoms with van der Waals surface area (Å²) >= 11 is 0. The molecular formula is C12H14N2O6S. The highest BCUT2D eigenvalue weighted by Gasteiger charge is 2.32. The van der Waals surface area contributed by atoms with Crippen molar-refractivity contribution in [2.45, 2.75) is 30.2 Å². The quantitative estimate of drug-likeness (QED) is 0.619. The molecule has 1 fully saturated rings. The lowest BCUT2D eigenvalue weighted by molar-refractivity contribution is -0.384. The molecule has 0 amide bonds. The zero-order valence-electron chi connectivity index (χ0n) is 10.9. The second kappa shape index (κ2) is 5.78. The summed E-state index contributed by atoms with van der Waals surface area (Å²) < 4.78 is 26.7. The van der Waals surface area contributed by atoms with Gasteiger partial charge in [-0.3, -0.25) is 14.9 Å². The fourth-order valence-electron chi connectivity index (χ4n) is 2.35. The Kier molecular flexibility index (Phi) is 4.24. The molecule has 0 bridgehead atoms. The molecule has 1 saturated carbocycles. The van der Waals surface area contributed by atoms with Gasteiger partial charge in [-0.15, -0.1) is 0 Å². The number of carbonyl (C=O) groups is 1. The van der Waals surface area contributed by atoms with Crippen LogP contribution in [0.2, 0.25) is 0 Å². The number of nitro groups is 1. The summed E-state index contributed by atoms with van der Waals surface area (Å²) in [7, 11) is -3.80. The average Bonchev–Trinajstić information content (AvgIpc) is 2.87. The van der Waals surface area contributed by atoms with Gasteiger partial charge in [0.1, 0.15) is 0 Å². The van der Waals surface area contributed by atoms with Crippen LogP contribution in [0.25, 0.3) is 0 Å². The van der Waals surface area contributed by atoms with Gasteiger partial charge in [0.15, 0.2) is 0 Å². The highest BCUT2D eigenvalue weighted by Crippen LogP contribution is 2.27. The van der Waals surface area contributed by atoms with Gasteiger partial charge in [-0.1, -0.05) is 0 Å². The molecule has 2 N–H and O–H groups in total. The van der Waals surface area contributed by atoms with Gasteiger partial charge in [-0.05, 0) is 31.4 Å². The van der Waals surface area contributed by atoms with Crippen LogP contribution in [0.15, 0.2) is 29.2 Å². The number of carboxylic acid groups (broad SMARTS) is 1. The van der Waals surface area contributed by atoms with E-state index in [9.17, 15) is 23.3 Å². The number of rotatable bonds is 5. The lowest BCUT2D eigenvalue weighted by Crippen LogP contribution is -2.33. The van der Waals surface area contributed by atoms with Crippen molar-refractivity contribution in [1.82, 2.24) is 4.72 Å². The Morgan fingerprint density at radius 1 is 1.29 bits per heavy atom. The Bertz CT molecular complexity index is 655. The van der Waals surface area contributed by atoms with E-state index in [0.717, 1.165) is 24.3 Å². The molecule has 21 heavy (non-hydrogen) atoms. The van der Waals surface area contributed by atoms with E-state index in [2.05, 4.69) is 4.72 Å². The normalized spacial score (nSPS) is 22.1. The van der Waals surface area contributed by atoms with E-state index in [1.807, 2.05) is 0 Å². The van der Waals surface area contributed by atoms with E-state index in [1.165, 1.54) is 0 Å². The number of nitro benzene ring substituents is 1. The number of nitrogens with zero attached hydrogens (tertiary/aromatic N) is 1. The predicted molar refractivity (Wildman–Crippen MR) is 72.2 cm³/mol. The first-order valence-corrected chi connectivity index (χ1v) is 7.77. The lowest BCUT2D eigenvalue weighted by Gasteiger charge is -2.12. The fraction of sp³-hybridized carbons (Fsp3) is 0.417. The van der Waals surface area contributed by atoms with Crippen molar-refractivity contribution in [1.29, 1.82) is 0 Å². The zero-order valence-corrected chi connectivity index (χ0v) is 11.7. The van der Waals surface area contributed by atoms with E-state index in [1.54, 1.807) is 0 Å². The number of aliphatic carboxylic acids is 1. The molecule has 2 rings (SSSR count). The van der Waals surface area contributed by atoms with Crippen LogP contribution in [0, 0.1) is 16.0 Å². The number of benzene rings is 1. The average molecular weight is 314 g/mol. The lowest BCUT2D eigenvalue weighted by atomic mass is 10.1. The Labute approximate surface area is 121 Å². The minimum absolute atomic E-state index is 0.0770. The van der Waals surface area contributed by atoms with Crippen molar-refractivity contribution >= 4 is 21.7 Å². The first-order valence-electron chi connectivity index (χ1n) is 6.29. The second-order valence-corrected chi connectivity index (χ2v) is 6.63. The number of sulfonamides is 1. The van der Waals surface area contributed by atoms with Gasteiger partial charge < -0.3 is 5.11 Å². The Morgan fingerprint density at radius 3 is 2.38 bits per heavy atom. The summed E-state index contributed by atoms with van der Waals surface area (Å²) in [6, 6.07) is 4.12. The number of carboxylic acids is 1. The largest absolute Gasteiger partial charge is 0.481 e. The zero-order chi connectivity index (χ0) is 15.6. The maximum Gasteiger partial charge on any atom is 0.306 e. The van der Waals surface area contributed by atoms with Crippen molar-refractivity contribution in [2.75, 3.05) is 0 Å². The molecule has 114 valence electrons. The highest BCUT2D eigenvalue weighted by molar-refractivity contribution is 7.89. The summed E-state index contributed by atoms with van der Waals surface area (Å²) in [5, 5.41) is 19.4. The molecule has 0 spiro atoms. The molecule has 1 aliphatic carbocycles. The summed E-state index contributed by atoms with van der Waals surface area (Å²) in [6.07, 6.45) is 1.15. The number of non-ortho nitro benzene ring substituents is 1. The van der Waals surface area contributed by atoms with E-state index in [-0.39, 0.29) is 17.0 Å². The molecule has 8 nitrogen and oxygen atoms in total. The molecule has 1 aromatic carbocycles. The van der Waals surface area contributed by atoms with Crippen LogP contribution in [0.1, 0.15) is 19.3 Å². The smallest absolute Gasteiger partial charge is 0.306 e. The van der Waals surface area contributed by atoms with E-state index < -0.39 is 32.9 Å². The van der Waals surface area contributed by atoms with Gasteiger partial charge in [0.25, 0.3) is 5.69 Å². The predicted octanol–water partition coefficient (Wildman–Crippen LogP) is 1.13. The Hall–Kier alpha value is -2.00. The number of hydrogen-bond donors (Lipinski definition) is 2. The maximum absolute atomic E-state index is 12.1. The molecule has 0 unspecified atom stereocenters. The van der Waals surface area contributed by atoms with Gasteiger partial charge in [-0.2, -0.15) is 0 Å². The molecule has 1 aliphatic rings. The molecule has 0 saturated heterocycles. The molecule has 9 heteroatoms. The third-order valence-corrected chi connectivity index (χ3v) is 5.00. The van der Waals surface area contributed by atoms with Crippen LogP contribution in [-0.4, -0.2) is 30.5 Å². The second-order valence-electron chi connectivity index (χ2n) is 4.92. The van der Waals surface area contributed by atoms with Crippen molar-refractivity contribution < 1.29 is 23.2 Å². The molecule has 0 heterocycles. The third-order valence-electron chi connectivity index (χ3n) is 3.46. The first kappa shape index (κ1) is 15.4. The topological polar surface area (TPSA) is 127 Å². The molecule has 0 aliphatic heterocycles. The van der Waals surface area contributed by atoms with E-state index in [0.29, 0.717) is 12.8 Å². The molecule has 0 radical (unpaired) electrons. The van der Waals surface area contributed by atoms with Crippen molar-refractivity contribution in [3.05, 3.63) is 34.4 Å². The van der Waals surface area contributed by atoms with Crippen molar-refractivity contribution in [3.63, 3.8) is 0 Å². The standard InChI is InChI=1S/C12H14N2O6S/c15-12(16)8-1-2-9(7-8)13-21(19,20)11-5-3-10(4-6-11)14(17)18/h3-6,8-9,13H,1-2,7H2,(H,15,16)/t8-,9+/m1/s1. The molecule has 1 aromatic rings. The summed E-state index contributed by atoms with van der Waals surface area (Å²) in [5.41, 5.74) is -0.194. The van der Waals surface area contributed by atoms with Crippen LogP contribution in [0.4, 0.5) is 5.69 Å². The van der Waals surface area contributed by atoms with Crippen molar-refractivity contribution in [3.8, 4) is 0 Å². The monoisotopic (exact) mass is 314 g/mol. The van der Waals surface area contributed by atoms with Crippen LogP contribution in [-0.2, 0) is 14.8 Å². The first-order chi connectivity index (χ1) is 9.79. The minimum Gasteiger partial charge on any atom is -0.481 e. The van der Waals surface area contributed by atoms with Crippen LogP contribution in [0.5, 0.6) is 0 Å². The van der Waals surface area contributed by atoms with Crippen LogP contribution in [0.3, 0.4) is 0 Å². The van der Waals surface area contributed by atoms with E-state index >= 15 is 0 Å². The SMILES string of the molecule is O=C(O)[C@@H]1CC[C@H](NS(=O)(=O)c2ccc([N+](=O)[O-])cc2)C1.